The predicted molar refractivity (Wildman–Crippen MR) is 104 cm³/mol. The second-order valence-corrected chi connectivity index (χ2v) is 8.36. The molecule has 28 heavy (non-hydrogen) atoms. The molecule has 2 fully saturated rings. The number of fused-ring (bicyclic) bond motifs is 1. The number of hydrogen-bond acceptors (Lipinski definition) is 8. The molecule has 2 amide bonds. The molecule has 2 aromatic heterocycles. The van der Waals surface area contributed by atoms with Crippen LogP contribution in [0, 0.1) is 0 Å². The van der Waals surface area contributed by atoms with Crippen LogP contribution in [0.3, 0.4) is 0 Å². The Bertz CT molecular complexity index is 859. The van der Waals surface area contributed by atoms with Gasteiger partial charge >= 0.3 is 0 Å². The minimum absolute atomic E-state index is 0.0147. The number of carbonyl (C=O) groups excluding carboxylic acids is 2. The second-order valence-electron chi connectivity index (χ2n) is 7.27. The molecule has 2 saturated heterocycles. The number of hydrogen-bond donors (Lipinski definition) is 3. The number of nitrogens with two attached hydrogens (primary N) is 1. The summed E-state index contributed by atoms with van der Waals surface area (Å²) in [6.45, 7) is 1.85. The van der Waals surface area contributed by atoms with Gasteiger partial charge in [0.15, 0.2) is 0 Å². The fourth-order valence-corrected chi connectivity index (χ4v) is 4.75. The molecule has 2 aliphatic heterocycles. The molecule has 0 unspecified atom stereocenters. The fraction of sp³-hybridized carbons (Fsp3) is 0.500. The normalized spacial score (nSPS) is 24.5. The lowest BCUT2D eigenvalue weighted by Crippen LogP contribution is -2.57. The molecule has 2 aliphatic rings. The number of aromatic nitrogens is 3. The molecule has 4 heterocycles. The van der Waals surface area contributed by atoms with Crippen molar-refractivity contribution in [2.45, 2.75) is 43.8 Å². The molecule has 0 saturated carbocycles. The molecule has 2 aromatic rings. The number of amides is 2. The van der Waals surface area contributed by atoms with Crippen molar-refractivity contribution in [3.63, 3.8) is 0 Å². The van der Waals surface area contributed by atoms with E-state index in [0.29, 0.717) is 35.2 Å². The van der Waals surface area contributed by atoms with Crippen molar-refractivity contribution in [2.24, 2.45) is 0 Å². The van der Waals surface area contributed by atoms with Gasteiger partial charge in [0, 0.05) is 25.0 Å². The van der Waals surface area contributed by atoms with Crippen LogP contribution in [0.5, 0.6) is 0 Å². The number of nitrogen functional groups attached to an aromatic ring is 1. The SMILES string of the molecule is Nc1nnc(CNC(=O)[C@@]23CCCCN2C[C@@H](NC(=O)c2cccnc2)C3)s1. The predicted octanol–water partition coefficient (Wildman–Crippen LogP) is 0.558. The van der Waals surface area contributed by atoms with Crippen molar-refractivity contribution in [1.82, 2.24) is 30.7 Å². The number of pyridine rings is 1. The summed E-state index contributed by atoms with van der Waals surface area (Å²) < 4.78 is 0. The average Bonchev–Trinajstić information content (AvgIpc) is 3.30. The van der Waals surface area contributed by atoms with E-state index in [1.165, 1.54) is 11.3 Å². The van der Waals surface area contributed by atoms with E-state index in [-0.39, 0.29) is 17.9 Å². The molecule has 10 heteroatoms. The minimum Gasteiger partial charge on any atom is -0.374 e. The summed E-state index contributed by atoms with van der Waals surface area (Å²) in [4.78, 5) is 31.8. The summed E-state index contributed by atoms with van der Waals surface area (Å²) in [5.41, 5.74) is 5.55. The Labute approximate surface area is 166 Å². The molecule has 4 rings (SSSR count). The van der Waals surface area contributed by atoms with Crippen molar-refractivity contribution in [2.75, 3.05) is 18.8 Å². The first-order valence-electron chi connectivity index (χ1n) is 9.39. The minimum atomic E-state index is -0.582. The standard InChI is InChI=1S/C18H23N7O2S/c19-17-24-23-14(28-17)10-21-16(27)18-5-1-2-7-25(18)11-13(8-18)22-15(26)12-4-3-6-20-9-12/h3-4,6,9,13H,1-2,5,7-8,10-11H2,(H2,19,24)(H,21,27)(H,22,26)/t13-,18-/m0/s1. The molecule has 0 radical (unpaired) electrons. The molecular formula is C18H23N7O2S. The van der Waals surface area contributed by atoms with E-state index in [2.05, 4.69) is 30.7 Å². The third-order valence-corrected chi connectivity index (χ3v) is 6.22. The summed E-state index contributed by atoms with van der Waals surface area (Å²) in [6.07, 6.45) is 6.63. The van der Waals surface area contributed by atoms with E-state index in [4.69, 9.17) is 5.73 Å². The fourth-order valence-electron chi connectivity index (χ4n) is 4.20. The third kappa shape index (κ3) is 3.69. The van der Waals surface area contributed by atoms with Crippen LogP contribution < -0.4 is 16.4 Å². The number of nitrogens with one attached hydrogen (secondary N) is 2. The van der Waals surface area contributed by atoms with Gasteiger partial charge in [-0.15, -0.1) is 10.2 Å². The molecule has 0 spiro atoms. The van der Waals surface area contributed by atoms with Crippen molar-refractivity contribution in [3.05, 3.63) is 35.1 Å². The number of nitrogens with zero attached hydrogens (tertiary/aromatic N) is 4. The van der Waals surface area contributed by atoms with Crippen molar-refractivity contribution >= 4 is 28.3 Å². The average molecular weight is 401 g/mol. The molecule has 0 bridgehead atoms. The highest BCUT2D eigenvalue weighted by Crippen LogP contribution is 2.38. The Balaban J connectivity index is 1.43. The summed E-state index contributed by atoms with van der Waals surface area (Å²) in [5.74, 6) is -0.170. The topological polar surface area (TPSA) is 126 Å². The van der Waals surface area contributed by atoms with Gasteiger partial charge < -0.3 is 16.4 Å². The van der Waals surface area contributed by atoms with Gasteiger partial charge in [-0.2, -0.15) is 0 Å². The Morgan fingerprint density at radius 3 is 3.00 bits per heavy atom. The van der Waals surface area contributed by atoms with Gasteiger partial charge in [0.25, 0.3) is 5.91 Å². The summed E-state index contributed by atoms with van der Waals surface area (Å²) in [6, 6.07) is 3.40. The van der Waals surface area contributed by atoms with Gasteiger partial charge in [-0.05, 0) is 44.4 Å². The summed E-state index contributed by atoms with van der Waals surface area (Å²) in [5, 5.41) is 14.9. The highest BCUT2D eigenvalue weighted by molar-refractivity contribution is 7.15. The summed E-state index contributed by atoms with van der Waals surface area (Å²) >= 11 is 1.27. The molecule has 0 aromatic carbocycles. The van der Waals surface area contributed by atoms with Crippen LogP contribution in [0.15, 0.2) is 24.5 Å². The number of carbonyl (C=O) groups is 2. The Morgan fingerprint density at radius 2 is 2.25 bits per heavy atom. The number of piperidine rings is 1. The zero-order valence-electron chi connectivity index (χ0n) is 15.4. The van der Waals surface area contributed by atoms with Crippen LogP contribution in [0.1, 0.15) is 41.0 Å². The van der Waals surface area contributed by atoms with Gasteiger partial charge in [0.1, 0.15) is 10.5 Å². The smallest absolute Gasteiger partial charge is 0.253 e. The van der Waals surface area contributed by atoms with Gasteiger partial charge in [0.2, 0.25) is 11.0 Å². The van der Waals surface area contributed by atoms with Crippen molar-refractivity contribution in [3.8, 4) is 0 Å². The van der Waals surface area contributed by atoms with Gasteiger partial charge in [-0.1, -0.05) is 11.3 Å². The second kappa shape index (κ2) is 7.80. The first-order chi connectivity index (χ1) is 13.6. The number of anilines is 1. The highest BCUT2D eigenvalue weighted by Gasteiger charge is 2.52. The highest BCUT2D eigenvalue weighted by atomic mass is 32.1. The van der Waals surface area contributed by atoms with Crippen molar-refractivity contribution < 1.29 is 9.59 Å². The van der Waals surface area contributed by atoms with Crippen molar-refractivity contribution in [1.29, 1.82) is 0 Å². The maximum atomic E-state index is 13.1. The molecular weight excluding hydrogens is 378 g/mol. The van der Waals surface area contributed by atoms with E-state index in [9.17, 15) is 9.59 Å². The quantitative estimate of drug-likeness (QED) is 0.668. The van der Waals surface area contributed by atoms with Crippen LogP contribution in [0.2, 0.25) is 0 Å². The third-order valence-electron chi connectivity index (χ3n) is 5.46. The van der Waals surface area contributed by atoms with Crippen LogP contribution in [0.4, 0.5) is 5.13 Å². The lowest BCUT2D eigenvalue weighted by molar-refractivity contribution is -0.134. The van der Waals surface area contributed by atoms with Gasteiger partial charge in [-0.3, -0.25) is 19.5 Å². The molecule has 4 N–H and O–H groups in total. The van der Waals surface area contributed by atoms with Gasteiger partial charge in [-0.25, -0.2) is 0 Å². The zero-order valence-corrected chi connectivity index (χ0v) is 16.2. The molecule has 2 atom stereocenters. The maximum Gasteiger partial charge on any atom is 0.253 e. The Morgan fingerprint density at radius 1 is 1.36 bits per heavy atom. The molecule has 9 nitrogen and oxygen atoms in total. The number of rotatable bonds is 5. The molecule has 148 valence electrons. The Kier molecular flexibility index (Phi) is 5.23. The van der Waals surface area contributed by atoms with Crippen LogP contribution in [-0.2, 0) is 11.3 Å². The van der Waals surface area contributed by atoms with E-state index in [1.807, 2.05) is 0 Å². The van der Waals surface area contributed by atoms with Crippen LogP contribution in [0.25, 0.3) is 0 Å². The monoisotopic (exact) mass is 401 g/mol. The molecule has 0 aliphatic carbocycles. The largest absolute Gasteiger partial charge is 0.374 e. The zero-order chi connectivity index (χ0) is 19.6. The Hall–Kier alpha value is -2.59. The summed E-state index contributed by atoms with van der Waals surface area (Å²) in [7, 11) is 0. The lowest BCUT2D eigenvalue weighted by atomic mass is 9.84. The van der Waals surface area contributed by atoms with Gasteiger partial charge in [0.05, 0.1) is 12.1 Å². The van der Waals surface area contributed by atoms with E-state index >= 15 is 0 Å². The van der Waals surface area contributed by atoms with Crippen LogP contribution in [-0.4, -0.2) is 56.6 Å². The van der Waals surface area contributed by atoms with E-state index < -0.39 is 5.54 Å². The van der Waals surface area contributed by atoms with E-state index in [0.717, 1.165) is 25.8 Å². The maximum absolute atomic E-state index is 13.1. The van der Waals surface area contributed by atoms with Crippen LogP contribution >= 0.6 is 11.3 Å². The first kappa shape index (κ1) is 18.8. The lowest BCUT2D eigenvalue weighted by Gasteiger charge is -2.40. The first-order valence-corrected chi connectivity index (χ1v) is 10.2. The van der Waals surface area contributed by atoms with E-state index in [1.54, 1.807) is 24.5 Å².